The van der Waals surface area contributed by atoms with Gasteiger partial charge in [0.1, 0.15) is 0 Å². The average Bonchev–Trinajstić information content (AvgIpc) is 2.81. The van der Waals surface area contributed by atoms with Crippen LogP contribution < -0.4 is 5.32 Å². The van der Waals surface area contributed by atoms with Gasteiger partial charge in [-0.15, -0.1) is 0 Å². The number of likely N-dealkylation sites (tertiary alicyclic amines) is 1. The van der Waals surface area contributed by atoms with Gasteiger partial charge < -0.3 is 5.32 Å². The number of carbonyl (C=O) groups is 1. The second kappa shape index (κ2) is 5.41. The summed E-state index contributed by atoms with van der Waals surface area (Å²) in [6, 6.07) is 9.75. The molecule has 0 saturated carbocycles. The van der Waals surface area contributed by atoms with Crippen molar-refractivity contribution in [2.75, 3.05) is 20.1 Å². The molecule has 1 atom stereocenters. The summed E-state index contributed by atoms with van der Waals surface area (Å²) in [4.78, 5) is 14.1. The van der Waals surface area contributed by atoms with Crippen molar-refractivity contribution in [2.24, 2.45) is 5.41 Å². The Morgan fingerprint density at radius 2 is 2.16 bits per heavy atom. The zero-order valence-electron chi connectivity index (χ0n) is 11.4. The number of nitrogens with zero attached hydrogens (tertiary/aromatic N) is 2. The van der Waals surface area contributed by atoms with Crippen LogP contribution >= 0.6 is 0 Å². The van der Waals surface area contributed by atoms with Crippen molar-refractivity contribution in [3.63, 3.8) is 0 Å². The lowest BCUT2D eigenvalue weighted by Crippen LogP contribution is -2.39. The summed E-state index contributed by atoms with van der Waals surface area (Å²) in [6.07, 6.45) is 0.892. The standard InChI is InChI=1S/C15H19N3O/c1-15(14(19)17-2)7-8-18(11-15)10-13-5-3-12(9-16)4-6-13/h3-6H,7-8,10-11H2,1-2H3,(H,17,19). The molecule has 1 amide bonds. The van der Waals surface area contributed by atoms with Crippen LogP contribution in [0, 0.1) is 16.7 Å². The van der Waals surface area contributed by atoms with E-state index in [1.807, 2.05) is 31.2 Å². The molecule has 0 aromatic heterocycles. The fourth-order valence-corrected chi connectivity index (χ4v) is 2.62. The van der Waals surface area contributed by atoms with Gasteiger partial charge in [0.05, 0.1) is 17.0 Å². The van der Waals surface area contributed by atoms with Gasteiger partial charge in [0, 0.05) is 20.1 Å². The molecular weight excluding hydrogens is 238 g/mol. The monoisotopic (exact) mass is 257 g/mol. The van der Waals surface area contributed by atoms with Crippen LogP contribution in [0.4, 0.5) is 0 Å². The van der Waals surface area contributed by atoms with Gasteiger partial charge in [-0.3, -0.25) is 9.69 Å². The molecule has 2 rings (SSSR count). The lowest BCUT2D eigenvalue weighted by molar-refractivity contribution is -0.129. The van der Waals surface area contributed by atoms with Crippen molar-refractivity contribution in [3.8, 4) is 6.07 Å². The molecule has 0 aliphatic carbocycles. The van der Waals surface area contributed by atoms with Gasteiger partial charge in [-0.05, 0) is 37.6 Å². The van der Waals surface area contributed by atoms with E-state index in [1.54, 1.807) is 7.05 Å². The Bertz CT molecular complexity index is 503. The summed E-state index contributed by atoms with van der Waals surface area (Å²) in [5, 5.41) is 11.5. The van der Waals surface area contributed by atoms with E-state index in [-0.39, 0.29) is 11.3 Å². The Kier molecular flexibility index (Phi) is 3.87. The summed E-state index contributed by atoms with van der Waals surface area (Å²) in [7, 11) is 1.69. The van der Waals surface area contributed by atoms with Gasteiger partial charge in [-0.25, -0.2) is 0 Å². The molecule has 100 valence electrons. The normalized spacial score (nSPS) is 23.0. The van der Waals surface area contributed by atoms with Crippen molar-refractivity contribution in [2.45, 2.75) is 19.9 Å². The summed E-state index contributed by atoms with van der Waals surface area (Å²) in [5.41, 5.74) is 1.59. The Balaban J connectivity index is 1.98. The molecule has 1 aromatic carbocycles. The summed E-state index contributed by atoms with van der Waals surface area (Å²) in [6.45, 7) is 4.57. The molecular formula is C15H19N3O. The molecule has 1 fully saturated rings. The van der Waals surface area contributed by atoms with Gasteiger partial charge in [0.2, 0.25) is 5.91 Å². The summed E-state index contributed by atoms with van der Waals surface area (Å²) < 4.78 is 0. The molecule has 19 heavy (non-hydrogen) atoms. The molecule has 1 aliphatic heterocycles. The Morgan fingerprint density at radius 3 is 2.74 bits per heavy atom. The minimum Gasteiger partial charge on any atom is -0.359 e. The molecule has 1 aliphatic rings. The number of benzene rings is 1. The molecule has 1 unspecified atom stereocenters. The van der Waals surface area contributed by atoms with E-state index in [0.29, 0.717) is 5.56 Å². The number of hydrogen-bond acceptors (Lipinski definition) is 3. The van der Waals surface area contributed by atoms with Crippen molar-refractivity contribution >= 4 is 5.91 Å². The number of nitriles is 1. The first-order valence-corrected chi connectivity index (χ1v) is 6.51. The number of carbonyl (C=O) groups excluding carboxylic acids is 1. The first kappa shape index (κ1) is 13.6. The molecule has 4 nitrogen and oxygen atoms in total. The van der Waals surface area contributed by atoms with Crippen LogP contribution in [0.2, 0.25) is 0 Å². The van der Waals surface area contributed by atoms with Crippen molar-refractivity contribution in [3.05, 3.63) is 35.4 Å². The van der Waals surface area contributed by atoms with E-state index in [2.05, 4.69) is 16.3 Å². The zero-order chi connectivity index (χ0) is 13.9. The van der Waals surface area contributed by atoms with Gasteiger partial charge in [-0.1, -0.05) is 12.1 Å². The van der Waals surface area contributed by atoms with Crippen LogP contribution in [0.25, 0.3) is 0 Å². The molecule has 1 aromatic rings. The number of nitrogens with one attached hydrogen (secondary N) is 1. The zero-order valence-corrected chi connectivity index (χ0v) is 11.4. The SMILES string of the molecule is CNC(=O)C1(C)CCN(Cc2ccc(C#N)cc2)C1. The van der Waals surface area contributed by atoms with Crippen LogP contribution in [0.1, 0.15) is 24.5 Å². The fourth-order valence-electron chi connectivity index (χ4n) is 2.62. The Morgan fingerprint density at radius 1 is 1.47 bits per heavy atom. The highest BCUT2D eigenvalue weighted by molar-refractivity contribution is 5.82. The van der Waals surface area contributed by atoms with E-state index in [0.717, 1.165) is 26.1 Å². The van der Waals surface area contributed by atoms with Crippen LogP contribution in [0.3, 0.4) is 0 Å². The largest absolute Gasteiger partial charge is 0.359 e. The number of amides is 1. The Hall–Kier alpha value is -1.86. The fraction of sp³-hybridized carbons (Fsp3) is 0.467. The third-order valence-electron chi connectivity index (χ3n) is 3.82. The second-order valence-electron chi connectivity index (χ2n) is 5.41. The molecule has 0 bridgehead atoms. The highest BCUT2D eigenvalue weighted by Crippen LogP contribution is 2.30. The van der Waals surface area contributed by atoms with Crippen molar-refractivity contribution in [1.82, 2.24) is 10.2 Å². The molecule has 4 heteroatoms. The van der Waals surface area contributed by atoms with Crippen LogP contribution in [0.5, 0.6) is 0 Å². The maximum atomic E-state index is 11.8. The number of rotatable bonds is 3. The molecule has 1 heterocycles. The van der Waals surface area contributed by atoms with Gasteiger partial charge >= 0.3 is 0 Å². The van der Waals surface area contributed by atoms with Crippen molar-refractivity contribution < 1.29 is 4.79 Å². The van der Waals surface area contributed by atoms with E-state index < -0.39 is 0 Å². The van der Waals surface area contributed by atoms with Crippen LogP contribution in [-0.4, -0.2) is 30.9 Å². The second-order valence-corrected chi connectivity index (χ2v) is 5.41. The van der Waals surface area contributed by atoms with Gasteiger partial charge in [0.25, 0.3) is 0 Å². The smallest absolute Gasteiger partial charge is 0.227 e. The quantitative estimate of drug-likeness (QED) is 0.893. The van der Waals surface area contributed by atoms with E-state index in [4.69, 9.17) is 5.26 Å². The lowest BCUT2D eigenvalue weighted by atomic mass is 9.89. The predicted octanol–water partition coefficient (Wildman–Crippen LogP) is 1.52. The molecule has 1 saturated heterocycles. The first-order valence-electron chi connectivity index (χ1n) is 6.51. The maximum absolute atomic E-state index is 11.8. The highest BCUT2D eigenvalue weighted by atomic mass is 16.2. The topological polar surface area (TPSA) is 56.1 Å². The van der Waals surface area contributed by atoms with Crippen molar-refractivity contribution in [1.29, 1.82) is 5.26 Å². The minimum atomic E-state index is -0.276. The molecule has 0 spiro atoms. The van der Waals surface area contributed by atoms with Crippen LogP contribution in [0.15, 0.2) is 24.3 Å². The predicted molar refractivity (Wildman–Crippen MR) is 73.2 cm³/mol. The van der Waals surface area contributed by atoms with E-state index >= 15 is 0 Å². The van der Waals surface area contributed by atoms with Gasteiger partial charge in [-0.2, -0.15) is 5.26 Å². The average molecular weight is 257 g/mol. The van der Waals surface area contributed by atoms with Crippen LogP contribution in [-0.2, 0) is 11.3 Å². The highest BCUT2D eigenvalue weighted by Gasteiger charge is 2.39. The lowest BCUT2D eigenvalue weighted by Gasteiger charge is -2.22. The third kappa shape index (κ3) is 2.94. The van der Waals surface area contributed by atoms with E-state index in [1.165, 1.54) is 5.56 Å². The first-order chi connectivity index (χ1) is 9.07. The Labute approximate surface area is 114 Å². The molecule has 1 N–H and O–H groups in total. The third-order valence-corrected chi connectivity index (χ3v) is 3.82. The summed E-state index contributed by atoms with van der Waals surface area (Å²) >= 11 is 0. The number of hydrogen-bond donors (Lipinski definition) is 1. The molecule has 0 radical (unpaired) electrons. The van der Waals surface area contributed by atoms with Gasteiger partial charge in [0.15, 0.2) is 0 Å². The minimum absolute atomic E-state index is 0.120. The maximum Gasteiger partial charge on any atom is 0.227 e. The van der Waals surface area contributed by atoms with E-state index in [9.17, 15) is 4.79 Å². The summed E-state index contributed by atoms with van der Waals surface area (Å²) in [5.74, 6) is 0.120.